The Morgan fingerprint density at radius 3 is 2.32 bits per heavy atom. The number of carbonyl (C=O) groups is 1. The van der Waals surface area contributed by atoms with Crippen molar-refractivity contribution >= 4 is 6.09 Å². The van der Waals surface area contributed by atoms with Gasteiger partial charge < -0.3 is 20.5 Å². The largest absolute Gasteiger partial charge is 0.497 e. The van der Waals surface area contributed by atoms with Gasteiger partial charge in [-0.3, -0.25) is 0 Å². The predicted octanol–water partition coefficient (Wildman–Crippen LogP) is 2.22. The zero-order valence-electron chi connectivity index (χ0n) is 11.9. The van der Waals surface area contributed by atoms with E-state index in [1.165, 1.54) is 0 Å². The highest BCUT2D eigenvalue weighted by Gasteiger charge is 2.19. The van der Waals surface area contributed by atoms with E-state index < -0.39 is 11.7 Å². The Labute approximate surface area is 114 Å². The maximum absolute atomic E-state index is 11.7. The number of carbonyl (C=O) groups excluding carboxylic acids is 1. The average Bonchev–Trinajstić information content (AvgIpc) is 2.34. The van der Waals surface area contributed by atoms with Crippen LogP contribution in [0.5, 0.6) is 5.75 Å². The molecule has 1 aromatic rings. The van der Waals surface area contributed by atoms with Crippen molar-refractivity contribution in [2.45, 2.75) is 32.4 Å². The molecule has 5 heteroatoms. The summed E-state index contributed by atoms with van der Waals surface area (Å²) in [7, 11) is 1.61. The van der Waals surface area contributed by atoms with Crippen molar-refractivity contribution in [3.63, 3.8) is 0 Å². The lowest BCUT2D eigenvalue weighted by Crippen LogP contribution is -2.37. The number of hydrogen-bond acceptors (Lipinski definition) is 4. The van der Waals surface area contributed by atoms with Gasteiger partial charge in [0, 0.05) is 6.54 Å². The molecular weight excluding hydrogens is 244 g/mol. The number of amides is 1. The van der Waals surface area contributed by atoms with Crippen LogP contribution in [0.4, 0.5) is 4.79 Å². The number of nitrogens with two attached hydrogens (primary N) is 1. The third kappa shape index (κ3) is 5.18. The van der Waals surface area contributed by atoms with E-state index in [9.17, 15) is 4.79 Å². The summed E-state index contributed by atoms with van der Waals surface area (Å²) in [5.41, 5.74) is 6.07. The van der Waals surface area contributed by atoms with Crippen LogP contribution in [-0.2, 0) is 4.74 Å². The number of hydrogen-bond donors (Lipinski definition) is 2. The van der Waals surface area contributed by atoms with E-state index in [0.29, 0.717) is 6.54 Å². The second-order valence-electron chi connectivity index (χ2n) is 5.21. The van der Waals surface area contributed by atoms with Crippen LogP contribution < -0.4 is 15.8 Å². The van der Waals surface area contributed by atoms with E-state index in [1.54, 1.807) is 7.11 Å². The standard InChI is InChI=1S/C14H22N2O3/c1-14(2,3)19-13(17)16-12(9-15)10-5-7-11(18-4)8-6-10/h5-8,12H,9,15H2,1-4H3,(H,16,17). The van der Waals surface area contributed by atoms with Gasteiger partial charge in [0.25, 0.3) is 0 Å². The minimum absolute atomic E-state index is 0.277. The first-order valence-corrected chi connectivity index (χ1v) is 6.19. The molecule has 0 fully saturated rings. The van der Waals surface area contributed by atoms with E-state index in [2.05, 4.69) is 5.32 Å². The molecule has 0 aliphatic carbocycles. The normalized spacial score (nSPS) is 12.7. The van der Waals surface area contributed by atoms with Crippen LogP contribution >= 0.6 is 0 Å². The first kappa shape index (κ1) is 15.3. The Hall–Kier alpha value is -1.75. The summed E-state index contributed by atoms with van der Waals surface area (Å²) in [6, 6.07) is 7.12. The minimum Gasteiger partial charge on any atom is -0.497 e. The van der Waals surface area contributed by atoms with Gasteiger partial charge in [-0.25, -0.2) is 4.79 Å². The van der Waals surface area contributed by atoms with Gasteiger partial charge in [0.15, 0.2) is 0 Å². The number of alkyl carbamates (subject to hydrolysis) is 1. The molecule has 0 heterocycles. The lowest BCUT2D eigenvalue weighted by Gasteiger charge is -2.23. The summed E-state index contributed by atoms with van der Waals surface area (Å²) >= 11 is 0. The van der Waals surface area contributed by atoms with E-state index in [0.717, 1.165) is 11.3 Å². The second-order valence-corrected chi connectivity index (χ2v) is 5.21. The van der Waals surface area contributed by atoms with Crippen LogP contribution in [0.25, 0.3) is 0 Å². The Morgan fingerprint density at radius 1 is 1.32 bits per heavy atom. The first-order chi connectivity index (χ1) is 8.85. The predicted molar refractivity (Wildman–Crippen MR) is 74.2 cm³/mol. The van der Waals surface area contributed by atoms with Crippen LogP contribution in [-0.4, -0.2) is 25.3 Å². The maximum atomic E-state index is 11.7. The van der Waals surface area contributed by atoms with Crippen LogP contribution in [0.3, 0.4) is 0 Å². The Kier molecular flexibility index (Phi) is 5.18. The molecule has 0 bridgehead atoms. The molecule has 106 valence electrons. The SMILES string of the molecule is COc1ccc(C(CN)NC(=O)OC(C)(C)C)cc1. The van der Waals surface area contributed by atoms with Gasteiger partial charge in [0.1, 0.15) is 11.4 Å². The van der Waals surface area contributed by atoms with Crippen molar-refractivity contribution in [2.75, 3.05) is 13.7 Å². The highest BCUT2D eigenvalue weighted by atomic mass is 16.6. The first-order valence-electron chi connectivity index (χ1n) is 6.19. The lowest BCUT2D eigenvalue weighted by atomic mass is 10.1. The van der Waals surface area contributed by atoms with Gasteiger partial charge in [0.05, 0.1) is 13.2 Å². The molecule has 0 spiro atoms. The fourth-order valence-electron chi connectivity index (χ4n) is 1.56. The monoisotopic (exact) mass is 266 g/mol. The van der Waals surface area contributed by atoms with Gasteiger partial charge in [0.2, 0.25) is 0 Å². The van der Waals surface area contributed by atoms with Crippen LogP contribution in [0.1, 0.15) is 32.4 Å². The van der Waals surface area contributed by atoms with Gasteiger partial charge >= 0.3 is 6.09 Å². The number of methoxy groups -OCH3 is 1. The van der Waals surface area contributed by atoms with Crippen molar-refractivity contribution in [3.05, 3.63) is 29.8 Å². The molecule has 0 saturated carbocycles. The number of ether oxygens (including phenoxy) is 2. The molecule has 5 nitrogen and oxygen atoms in total. The smallest absolute Gasteiger partial charge is 0.408 e. The summed E-state index contributed by atoms with van der Waals surface area (Å²) < 4.78 is 10.3. The fourth-order valence-corrected chi connectivity index (χ4v) is 1.56. The molecule has 1 atom stereocenters. The average molecular weight is 266 g/mol. The van der Waals surface area contributed by atoms with Crippen molar-refractivity contribution in [1.82, 2.24) is 5.32 Å². The minimum atomic E-state index is -0.525. The van der Waals surface area contributed by atoms with Crippen LogP contribution in [0.2, 0.25) is 0 Å². The fraction of sp³-hybridized carbons (Fsp3) is 0.500. The number of nitrogens with one attached hydrogen (secondary N) is 1. The zero-order valence-corrected chi connectivity index (χ0v) is 11.9. The summed E-state index contributed by atoms with van der Waals surface area (Å²) in [5.74, 6) is 0.761. The summed E-state index contributed by atoms with van der Waals surface area (Å²) in [6.45, 7) is 5.75. The molecule has 1 unspecified atom stereocenters. The quantitative estimate of drug-likeness (QED) is 0.876. The van der Waals surface area contributed by atoms with Crippen molar-refractivity contribution in [2.24, 2.45) is 5.73 Å². The van der Waals surface area contributed by atoms with Crippen molar-refractivity contribution in [1.29, 1.82) is 0 Å². The highest BCUT2D eigenvalue weighted by Crippen LogP contribution is 2.17. The van der Waals surface area contributed by atoms with Gasteiger partial charge in [-0.1, -0.05) is 12.1 Å². The molecule has 1 aromatic carbocycles. The molecule has 3 N–H and O–H groups in total. The molecule has 19 heavy (non-hydrogen) atoms. The van der Waals surface area contributed by atoms with Gasteiger partial charge in [-0.15, -0.1) is 0 Å². The Bertz CT molecular complexity index is 410. The van der Waals surface area contributed by atoms with Gasteiger partial charge in [-0.2, -0.15) is 0 Å². The molecule has 0 aliphatic rings. The molecule has 1 rings (SSSR count). The molecule has 0 aromatic heterocycles. The van der Waals surface area contributed by atoms with Crippen molar-refractivity contribution in [3.8, 4) is 5.75 Å². The second kappa shape index (κ2) is 6.43. The topological polar surface area (TPSA) is 73.6 Å². The number of rotatable bonds is 4. The summed E-state index contributed by atoms with van der Waals surface area (Å²) in [4.78, 5) is 11.7. The van der Waals surface area contributed by atoms with Crippen molar-refractivity contribution < 1.29 is 14.3 Å². The third-order valence-electron chi connectivity index (χ3n) is 2.44. The third-order valence-corrected chi connectivity index (χ3v) is 2.44. The summed E-state index contributed by atoms with van der Waals surface area (Å²) in [5, 5.41) is 2.75. The van der Waals surface area contributed by atoms with E-state index in [-0.39, 0.29) is 6.04 Å². The summed E-state index contributed by atoms with van der Waals surface area (Å²) in [6.07, 6.45) is -0.473. The van der Waals surface area contributed by atoms with Crippen LogP contribution in [0.15, 0.2) is 24.3 Å². The van der Waals surface area contributed by atoms with Crippen LogP contribution in [0, 0.1) is 0 Å². The maximum Gasteiger partial charge on any atom is 0.408 e. The molecule has 0 radical (unpaired) electrons. The molecule has 0 aliphatic heterocycles. The highest BCUT2D eigenvalue weighted by molar-refractivity contribution is 5.68. The zero-order chi connectivity index (χ0) is 14.5. The van der Waals surface area contributed by atoms with Gasteiger partial charge in [-0.05, 0) is 38.5 Å². The lowest BCUT2D eigenvalue weighted by molar-refractivity contribution is 0.0505. The van der Waals surface area contributed by atoms with E-state index >= 15 is 0 Å². The molecule has 1 amide bonds. The number of benzene rings is 1. The van der Waals surface area contributed by atoms with E-state index in [1.807, 2.05) is 45.0 Å². The Balaban J connectivity index is 2.69. The van der Waals surface area contributed by atoms with E-state index in [4.69, 9.17) is 15.2 Å². The molecular formula is C14H22N2O3. The molecule has 0 saturated heterocycles. The Morgan fingerprint density at radius 2 is 1.89 bits per heavy atom.